The van der Waals surface area contributed by atoms with Crippen molar-refractivity contribution in [3.8, 4) is 0 Å². The molecule has 0 aliphatic carbocycles. The third kappa shape index (κ3) is 6.32. The molecular formula is C22H22F3N3O3. The molecule has 0 unspecified atom stereocenters. The number of aryl methyl sites for hydroxylation is 1. The van der Waals surface area contributed by atoms with Gasteiger partial charge in [0, 0.05) is 30.8 Å². The van der Waals surface area contributed by atoms with Gasteiger partial charge in [-0.05, 0) is 30.7 Å². The lowest BCUT2D eigenvalue weighted by Gasteiger charge is -2.25. The Balaban J connectivity index is 0.000000339. The molecule has 0 saturated heterocycles. The molecule has 0 fully saturated rings. The lowest BCUT2D eigenvalue weighted by Crippen LogP contribution is -2.29. The van der Waals surface area contributed by atoms with Crippen LogP contribution >= 0.6 is 0 Å². The molecule has 3 heterocycles. The average molecular weight is 433 g/mol. The number of nitrogens with one attached hydrogen (secondary N) is 1. The van der Waals surface area contributed by atoms with Crippen LogP contribution in [0.25, 0.3) is 12.2 Å². The van der Waals surface area contributed by atoms with Crippen molar-refractivity contribution in [2.45, 2.75) is 32.6 Å². The van der Waals surface area contributed by atoms with Crippen LogP contribution in [0, 0.1) is 6.92 Å². The summed E-state index contributed by atoms with van der Waals surface area (Å²) in [5, 5.41) is 14.8. The largest absolute Gasteiger partial charge is 0.490 e. The van der Waals surface area contributed by atoms with Crippen LogP contribution in [0.5, 0.6) is 0 Å². The number of carboxylic acid groups (broad SMARTS) is 1. The van der Waals surface area contributed by atoms with Crippen LogP contribution in [0.1, 0.15) is 34.0 Å². The van der Waals surface area contributed by atoms with Gasteiger partial charge in [-0.15, -0.1) is 0 Å². The fourth-order valence-electron chi connectivity index (χ4n) is 3.18. The first kappa shape index (κ1) is 22.4. The van der Waals surface area contributed by atoms with Crippen LogP contribution in [0.2, 0.25) is 0 Å². The highest BCUT2D eigenvalue weighted by Gasteiger charge is 2.38. The van der Waals surface area contributed by atoms with Crippen molar-refractivity contribution < 1.29 is 27.5 Å². The molecule has 0 saturated carbocycles. The van der Waals surface area contributed by atoms with E-state index in [1.165, 1.54) is 16.8 Å². The third-order valence-electron chi connectivity index (χ3n) is 4.70. The normalized spacial score (nSPS) is 14.2. The van der Waals surface area contributed by atoms with E-state index in [2.05, 4.69) is 45.4 Å². The van der Waals surface area contributed by atoms with E-state index in [-0.39, 0.29) is 0 Å². The molecule has 1 aliphatic rings. The number of hydrogen-bond acceptors (Lipinski definition) is 4. The number of aromatic amines is 1. The maximum Gasteiger partial charge on any atom is 0.490 e. The molecule has 0 radical (unpaired) electrons. The van der Waals surface area contributed by atoms with E-state index in [1.54, 1.807) is 0 Å². The van der Waals surface area contributed by atoms with E-state index < -0.39 is 12.1 Å². The number of aromatic nitrogens is 2. The number of hydrogen-bond donors (Lipinski definition) is 2. The molecule has 1 aromatic carbocycles. The first-order chi connectivity index (χ1) is 14.7. The molecule has 0 atom stereocenters. The number of aliphatic carboxylic acids is 1. The van der Waals surface area contributed by atoms with E-state index in [9.17, 15) is 13.2 Å². The van der Waals surface area contributed by atoms with Gasteiger partial charge in [0.05, 0.1) is 12.2 Å². The number of halogens is 3. The summed E-state index contributed by atoms with van der Waals surface area (Å²) >= 11 is 0. The monoisotopic (exact) mass is 433 g/mol. The maximum absolute atomic E-state index is 10.6. The molecule has 0 amide bonds. The first-order valence-corrected chi connectivity index (χ1v) is 9.59. The SMILES string of the molecule is Cc1ccc(CN2CCc3[nH]nc(/C=C/c4ccccc4)c3C2)o1.O=C(O)C(F)(F)F. The number of benzene rings is 1. The molecule has 0 spiro atoms. The van der Waals surface area contributed by atoms with Crippen LogP contribution in [0.3, 0.4) is 0 Å². The molecule has 3 aromatic rings. The Bertz CT molecular complexity index is 1040. The highest BCUT2D eigenvalue weighted by Crippen LogP contribution is 2.23. The number of rotatable bonds is 4. The van der Waals surface area contributed by atoms with Crippen molar-refractivity contribution in [1.82, 2.24) is 15.1 Å². The lowest BCUT2D eigenvalue weighted by atomic mass is 10.0. The van der Waals surface area contributed by atoms with Crippen molar-refractivity contribution in [3.63, 3.8) is 0 Å². The van der Waals surface area contributed by atoms with Gasteiger partial charge < -0.3 is 9.52 Å². The zero-order valence-electron chi connectivity index (χ0n) is 16.8. The van der Waals surface area contributed by atoms with E-state index in [4.69, 9.17) is 14.3 Å². The Labute approximate surface area is 177 Å². The van der Waals surface area contributed by atoms with Crippen LogP contribution in [0.4, 0.5) is 13.2 Å². The number of H-pyrrole nitrogens is 1. The zero-order valence-corrected chi connectivity index (χ0v) is 16.8. The van der Waals surface area contributed by atoms with E-state index in [1.807, 2.05) is 31.2 Å². The van der Waals surface area contributed by atoms with Crippen LogP contribution < -0.4 is 0 Å². The summed E-state index contributed by atoms with van der Waals surface area (Å²) in [7, 11) is 0. The highest BCUT2D eigenvalue weighted by molar-refractivity contribution is 5.73. The number of carboxylic acids is 1. The Hall–Kier alpha value is -3.33. The van der Waals surface area contributed by atoms with Crippen molar-refractivity contribution >= 4 is 18.1 Å². The molecule has 4 rings (SSSR count). The molecule has 31 heavy (non-hydrogen) atoms. The van der Waals surface area contributed by atoms with E-state index in [0.29, 0.717) is 0 Å². The highest BCUT2D eigenvalue weighted by atomic mass is 19.4. The minimum atomic E-state index is -5.08. The second kappa shape index (κ2) is 9.65. The predicted molar refractivity (Wildman–Crippen MR) is 109 cm³/mol. The fraction of sp³-hybridized carbons (Fsp3) is 0.273. The van der Waals surface area contributed by atoms with Crippen LogP contribution in [-0.4, -0.2) is 38.9 Å². The predicted octanol–water partition coefficient (Wildman–Crippen LogP) is 4.67. The van der Waals surface area contributed by atoms with Gasteiger partial charge in [0.1, 0.15) is 11.5 Å². The maximum atomic E-state index is 10.6. The summed E-state index contributed by atoms with van der Waals surface area (Å²) in [6, 6.07) is 14.4. The summed E-state index contributed by atoms with van der Waals surface area (Å²) in [6.07, 6.45) is 0.137. The summed E-state index contributed by atoms with van der Waals surface area (Å²) < 4.78 is 37.4. The van der Waals surface area contributed by atoms with E-state index in [0.717, 1.165) is 43.3 Å². The molecule has 6 nitrogen and oxygen atoms in total. The number of nitrogens with zero attached hydrogens (tertiary/aromatic N) is 2. The molecule has 2 N–H and O–H groups in total. The lowest BCUT2D eigenvalue weighted by molar-refractivity contribution is -0.192. The smallest absolute Gasteiger partial charge is 0.475 e. The topological polar surface area (TPSA) is 82.4 Å². The Morgan fingerprint density at radius 1 is 1.23 bits per heavy atom. The second-order valence-electron chi connectivity index (χ2n) is 7.09. The van der Waals surface area contributed by atoms with E-state index >= 15 is 0 Å². The molecular weight excluding hydrogens is 411 g/mol. The van der Waals surface area contributed by atoms with Gasteiger partial charge >= 0.3 is 12.1 Å². The van der Waals surface area contributed by atoms with Crippen LogP contribution in [0.15, 0.2) is 46.9 Å². The average Bonchev–Trinajstić information content (AvgIpc) is 3.32. The number of alkyl halides is 3. The number of fused-ring (bicyclic) bond motifs is 1. The quantitative estimate of drug-likeness (QED) is 0.625. The summed E-state index contributed by atoms with van der Waals surface area (Å²) in [6.45, 7) is 4.76. The molecule has 164 valence electrons. The molecule has 1 aliphatic heterocycles. The van der Waals surface area contributed by atoms with Gasteiger partial charge in [0.2, 0.25) is 0 Å². The Morgan fingerprint density at radius 3 is 2.55 bits per heavy atom. The molecule has 9 heteroatoms. The second-order valence-corrected chi connectivity index (χ2v) is 7.09. The minimum Gasteiger partial charge on any atom is -0.475 e. The van der Waals surface area contributed by atoms with Crippen molar-refractivity contribution in [2.75, 3.05) is 6.54 Å². The summed E-state index contributed by atoms with van der Waals surface area (Å²) in [5.74, 6) is -0.759. The fourth-order valence-corrected chi connectivity index (χ4v) is 3.18. The van der Waals surface area contributed by atoms with Gasteiger partial charge in [0.15, 0.2) is 0 Å². The van der Waals surface area contributed by atoms with Gasteiger partial charge in [0.25, 0.3) is 0 Å². The van der Waals surface area contributed by atoms with Gasteiger partial charge in [-0.2, -0.15) is 18.3 Å². The van der Waals surface area contributed by atoms with Gasteiger partial charge in [-0.1, -0.05) is 36.4 Å². The number of furan rings is 1. The summed E-state index contributed by atoms with van der Waals surface area (Å²) in [4.78, 5) is 11.3. The molecule has 0 bridgehead atoms. The molecule has 2 aromatic heterocycles. The van der Waals surface area contributed by atoms with Gasteiger partial charge in [-0.25, -0.2) is 4.79 Å². The standard InChI is InChI=1S/C20H21N3O.C2HF3O2/c1-15-7-9-17(24-15)13-23-12-11-20-18(14-23)19(21-22-20)10-8-16-5-3-2-4-6-16;3-2(4,5)1(6)7/h2-10H,11-14H2,1H3,(H,21,22);(H,6,7)/b10-8+;. The van der Waals surface area contributed by atoms with Crippen LogP contribution in [-0.2, 0) is 24.3 Å². The van der Waals surface area contributed by atoms with Crippen molar-refractivity contribution in [3.05, 3.63) is 76.5 Å². The third-order valence-corrected chi connectivity index (χ3v) is 4.70. The zero-order chi connectivity index (χ0) is 22.4. The Morgan fingerprint density at radius 2 is 1.94 bits per heavy atom. The first-order valence-electron chi connectivity index (χ1n) is 9.59. The van der Waals surface area contributed by atoms with Gasteiger partial charge in [-0.3, -0.25) is 10.00 Å². The Kier molecular flexibility index (Phi) is 6.96. The minimum absolute atomic E-state index is 0.848. The van der Waals surface area contributed by atoms with Crippen molar-refractivity contribution in [1.29, 1.82) is 0 Å². The summed E-state index contributed by atoms with van der Waals surface area (Å²) in [5.41, 5.74) is 4.79. The number of carbonyl (C=O) groups is 1. The van der Waals surface area contributed by atoms with Crippen molar-refractivity contribution in [2.24, 2.45) is 0 Å².